The van der Waals surface area contributed by atoms with Crippen molar-refractivity contribution in [1.82, 2.24) is 15.6 Å². The molecule has 2 aromatic carbocycles. The van der Waals surface area contributed by atoms with Crippen LogP contribution in [0.15, 0.2) is 65.8 Å². The standard InChI is InChI=1S/C28H32N4/c1-3-11-29-17-19-6-9-26-22(13-19)15-21-7-10-27-24(28(21)32-26)16-23-14-20(18-30-12-4-2)5-8-25(23)31-27/h5-10,13-16,25,29-31H,3-4,11-12,17-18H2,1-2H3. The highest BCUT2D eigenvalue weighted by Gasteiger charge is 2.22. The first kappa shape index (κ1) is 20.9. The van der Waals surface area contributed by atoms with Gasteiger partial charge in [-0.3, -0.25) is 0 Å². The Hall–Kier alpha value is -2.95. The van der Waals surface area contributed by atoms with Crippen LogP contribution in [0.4, 0.5) is 5.69 Å². The van der Waals surface area contributed by atoms with Crippen LogP contribution >= 0.6 is 0 Å². The summed E-state index contributed by atoms with van der Waals surface area (Å²) in [6.45, 7) is 8.30. The summed E-state index contributed by atoms with van der Waals surface area (Å²) in [5.41, 5.74) is 8.41. The van der Waals surface area contributed by atoms with Gasteiger partial charge in [0.15, 0.2) is 0 Å². The van der Waals surface area contributed by atoms with E-state index in [1.807, 2.05) is 0 Å². The normalized spacial score (nSPS) is 17.0. The molecule has 1 unspecified atom stereocenters. The molecule has 2 heterocycles. The van der Waals surface area contributed by atoms with E-state index < -0.39 is 0 Å². The zero-order valence-electron chi connectivity index (χ0n) is 19.0. The highest BCUT2D eigenvalue weighted by atomic mass is 14.9. The van der Waals surface area contributed by atoms with Gasteiger partial charge in [-0.05, 0) is 73.0 Å². The summed E-state index contributed by atoms with van der Waals surface area (Å²) in [6, 6.07) is 13.5. The zero-order valence-corrected chi connectivity index (χ0v) is 19.0. The Morgan fingerprint density at radius 2 is 1.75 bits per heavy atom. The van der Waals surface area contributed by atoms with Gasteiger partial charge in [-0.2, -0.15) is 0 Å². The summed E-state index contributed by atoms with van der Waals surface area (Å²) in [5, 5.41) is 13.1. The second-order valence-electron chi connectivity index (χ2n) is 8.81. The summed E-state index contributed by atoms with van der Waals surface area (Å²) in [4.78, 5) is 5.09. The lowest BCUT2D eigenvalue weighted by molar-refractivity contribution is 0.676. The van der Waals surface area contributed by atoms with Crippen LogP contribution in [0.2, 0.25) is 0 Å². The summed E-state index contributed by atoms with van der Waals surface area (Å²) in [6.07, 6.45) is 11.5. The first-order valence-corrected chi connectivity index (χ1v) is 11.9. The van der Waals surface area contributed by atoms with Gasteiger partial charge in [-0.25, -0.2) is 4.98 Å². The van der Waals surface area contributed by atoms with E-state index in [4.69, 9.17) is 4.98 Å². The quantitative estimate of drug-likeness (QED) is 0.327. The van der Waals surface area contributed by atoms with E-state index in [1.165, 1.54) is 33.0 Å². The maximum Gasteiger partial charge on any atom is 0.0802 e. The Labute approximate surface area is 190 Å². The van der Waals surface area contributed by atoms with Gasteiger partial charge < -0.3 is 16.0 Å². The average molecular weight is 425 g/mol. The molecule has 0 bridgehead atoms. The Bertz CT molecular complexity index is 1240. The monoisotopic (exact) mass is 424 g/mol. The first-order chi connectivity index (χ1) is 15.7. The van der Waals surface area contributed by atoms with Gasteiger partial charge in [0.25, 0.3) is 0 Å². The van der Waals surface area contributed by atoms with Crippen molar-refractivity contribution in [2.75, 3.05) is 25.0 Å². The number of rotatable bonds is 8. The lowest BCUT2D eigenvalue weighted by Gasteiger charge is -2.28. The Morgan fingerprint density at radius 1 is 0.906 bits per heavy atom. The second-order valence-corrected chi connectivity index (χ2v) is 8.81. The summed E-state index contributed by atoms with van der Waals surface area (Å²) in [7, 11) is 0. The maximum absolute atomic E-state index is 5.09. The van der Waals surface area contributed by atoms with Crippen LogP contribution in [0.3, 0.4) is 0 Å². The molecule has 4 nitrogen and oxygen atoms in total. The molecule has 3 N–H and O–H groups in total. The predicted molar refractivity (Wildman–Crippen MR) is 137 cm³/mol. The van der Waals surface area contributed by atoms with Gasteiger partial charge in [-0.15, -0.1) is 0 Å². The van der Waals surface area contributed by atoms with E-state index in [0.717, 1.165) is 55.7 Å². The van der Waals surface area contributed by atoms with E-state index >= 15 is 0 Å². The molecular weight excluding hydrogens is 392 g/mol. The molecule has 164 valence electrons. The van der Waals surface area contributed by atoms with Gasteiger partial charge in [0, 0.05) is 35.1 Å². The van der Waals surface area contributed by atoms with E-state index in [9.17, 15) is 0 Å². The summed E-state index contributed by atoms with van der Waals surface area (Å²) in [5.74, 6) is 0. The molecule has 1 aromatic heterocycles. The van der Waals surface area contributed by atoms with Gasteiger partial charge in [0.05, 0.1) is 17.1 Å². The number of benzene rings is 2. The van der Waals surface area contributed by atoms with Crippen LogP contribution in [-0.4, -0.2) is 30.7 Å². The van der Waals surface area contributed by atoms with Crippen molar-refractivity contribution in [3.8, 4) is 0 Å². The molecule has 1 atom stereocenters. The molecular formula is C28H32N4. The maximum atomic E-state index is 5.09. The van der Waals surface area contributed by atoms with Gasteiger partial charge in [-0.1, -0.05) is 44.2 Å². The van der Waals surface area contributed by atoms with Crippen LogP contribution in [0.1, 0.15) is 37.8 Å². The fourth-order valence-electron chi connectivity index (χ4n) is 4.57. The third-order valence-corrected chi connectivity index (χ3v) is 6.23. The molecule has 0 spiro atoms. The van der Waals surface area contributed by atoms with Gasteiger partial charge in [0.2, 0.25) is 0 Å². The molecule has 5 rings (SSSR count). The highest BCUT2D eigenvalue weighted by Crippen LogP contribution is 2.36. The first-order valence-electron chi connectivity index (χ1n) is 11.9. The van der Waals surface area contributed by atoms with Crippen molar-refractivity contribution >= 4 is 33.6 Å². The van der Waals surface area contributed by atoms with Crippen molar-refractivity contribution in [1.29, 1.82) is 0 Å². The number of aromatic nitrogens is 1. The molecule has 0 saturated heterocycles. The minimum absolute atomic E-state index is 0.230. The smallest absolute Gasteiger partial charge is 0.0802 e. The third kappa shape index (κ3) is 4.21. The molecule has 1 aliphatic heterocycles. The summed E-state index contributed by atoms with van der Waals surface area (Å²) < 4.78 is 0. The Kier molecular flexibility index (Phi) is 6.06. The third-order valence-electron chi connectivity index (χ3n) is 6.23. The molecule has 32 heavy (non-hydrogen) atoms. The lowest BCUT2D eigenvalue weighted by atomic mass is 9.90. The number of nitrogens with one attached hydrogen (secondary N) is 3. The topological polar surface area (TPSA) is 49.0 Å². The number of hydrogen-bond donors (Lipinski definition) is 3. The van der Waals surface area contributed by atoms with Gasteiger partial charge >= 0.3 is 0 Å². The van der Waals surface area contributed by atoms with Crippen molar-refractivity contribution in [3.05, 3.63) is 76.9 Å². The molecule has 0 radical (unpaired) electrons. The van der Waals surface area contributed by atoms with Crippen LogP contribution in [-0.2, 0) is 6.54 Å². The number of fused-ring (bicyclic) bond motifs is 5. The second kappa shape index (κ2) is 9.27. The molecule has 3 aromatic rings. The fraction of sp³-hybridized carbons (Fsp3) is 0.321. The average Bonchev–Trinajstić information content (AvgIpc) is 2.82. The molecule has 0 saturated carbocycles. The Balaban J connectivity index is 1.50. The van der Waals surface area contributed by atoms with E-state index in [1.54, 1.807) is 0 Å². The molecule has 1 aliphatic carbocycles. The van der Waals surface area contributed by atoms with Crippen LogP contribution in [0.5, 0.6) is 0 Å². The van der Waals surface area contributed by atoms with Crippen LogP contribution < -0.4 is 16.0 Å². The van der Waals surface area contributed by atoms with E-state index in [2.05, 4.69) is 90.5 Å². The van der Waals surface area contributed by atoms with Crippen LogP contribution in [0.25, 0.3) is 27.9 Å². The van der Waals surface area contributed by atoms with Crippen molar-refractivity contribution in [3.63, 3.8) is 0 Å². The largest absolute Gasteiger partial charge is 0.374 e. The van der Waals surface area contributed by atoms with E-state index in [0.29, 0.717) is 0 Å². The van der Waals surface area contributed by atoms with E-state index in [-0.39, 0.29) is 6.04 Å². The van der Waals surface area contributed by atoms with Crippen molar-refractivity contribution in [2.24, 2.45) is 0 Å². The number of nitrogens with zero attached hydrogens (tertiary/aromatic N) is 1. The molecule has 0 amide bonds. The predicted octanol–water partition coefficient (Wildman–Crippen LogP) is 5.56. The SMILES string of the molecule is CCCNCC1=CC2=Cc3c(ccc4cc5cc(CNCCC)ccc5nc34)NC2C=C1. The number of pyridine rings is 1. The lowest BCUT2D eigenvalue weighted by Crippen LogP contribution is -2.26. The fourth-order valence-corrected chi connectivity index (χ4v) is 4.57. The van der Waals surface area contributed by atoms with Crippen molar-refractivity contribution in [2.45, 2.75) is 39.3 Å². The van der Waals surface area contributed by atoms with Crippen LogP contribution in [0, 0.1) is 0 Å². The minimum atomic E-state index is 0.230. The molecule has 4 heteroatoms. The Morgan fingerprint density at radius 3 is 2.59 bits per heavy atom. The molecule has 0 fully saturated rings. The van der Waals surface area contributed by atoms with Crippen molar-refractivity contribution < 1.29 is 0 Å². The zero-order chi connectivity index (χ0) is 21.9. The molecule has 2 aliphatic rings. The summed E-state index contributed by atoms with van der Waals surface area (Å²) >= 11 is 0. The number of hydrogen-bond acceptors (Lipinski definition) is 4. The number of anilines is 1. The minimum Gasteiger partial charge on any atom is -0.374 e. The highest BCUT2D eigenvalue weighted by molar-refractivity contribution is 6.01. The van der Waals surface area contributed by atoms with Gasteiger partial charge in [0.1, 0.15) is 0 Å².